The largest absolute Gasteiger partial charge is 0.381 e. The highest BCUT2D eigenvalue weighted by Crippen LogP contribution is 2.15. The maximum Gasteiger partial charge on any atom is 0.151 e. The maximum absolute atomic E-state index is 5.51. The lowest BCUT2D eigenvalue weighted by molar-refractivity contribution is 0.0401. The number of ether oxygens (including phenoxy) is 1. The number of aromatic nitrogens is 1. The zero-order chi connectivity index (χ0) is 13.5. The van der Waals surface area contributed by atoms with Gasteiger partial charge in [-0.2, -0.15) is 0 Å². The molecule has 0 radical (unpaired) electrons. The summed E-state index contributed by atoms with van der Waals surface area (Å²) in [7, 11) is 2.13. The van der Waals surface area contributed by atoms with Crippen LogP contribution in [-0.2, 0) is 17.8 Å². The van der Waals surface area contributed by atoms with Gasteiger partial charge in [0.2, 0.25) is 0 Å². The van der Waals surface area contributed by atoms with Gasteiger partial charge in [-0.1, -0.05) is 12.1 Å². The molecule has 0 aromatic carbocycles. The normalized spacial score (nSPS) is 20.1. The first-order chi connectivity index (χ1) is 9.28. The Morgan fingerprint density at radius 2 is 2.42 bits per heavy atom. The molecular formula is C14H25N3O2. The van der Waals surface area contributed by atoms with E-state index in [4.69, 9.17) is 9.26 Å². The standard InChI is InChI=1S/C14H25N3O2/c1-3-15-8-13-7-14(19-16-13)10-17(2)9-12-5-4-6-18-11-12/h7,12,15H,3-6,8-11H2,1-2H3. The molecule has 1 aromatic rings. The first-order valence-corrected chi connectivity index (χ1v) is 7.19. The topological polar surface area (TPSA) is 50.5 Å². The van der Waals surface area contributed by atoms with Gasteiger partial charge in [0.25, 0.3) is 0 Å². The van der Waals surface area contributed by atoms with Gasteiger partial charge in [-0.25, -0.2) is 0 Å². The zero-order valence-corrected chi connectivity index (χ0v) is 12.0. The third kappa shape index (κ3) is 4.93. The molecule has 0 aliphatic carbocycles. The van der Waals surface area contributed by atoms with Crippen molar-refractivity contribution in [1.82, 2.24) is 15.4 Å². The van der Waals surface area contributed by atoms with Gasteiger partial charge in [0, 0.05) is 25.8 Å². The third-order valence-corrected chi connectivity index (χ3v) is 3.41. The summed E-state index contributed by atoms with van der Waals surface area (Å²) in [5, 5.41) is 7.31. The first-order valence-electron chi connectivity index (χ1n) is 7.19. The predicted octanol–water partition coefficient (Wildman–Crippen LogP) is 1.64. The number of nitrogens with one attached hydrogen (secondary N) is 1. The molecule has 0 saturated carbocycles. The molecule has 0 amide bonds. The van der Waals surface area contributed by atoms with Crippen molar-refractivity contribution in [1.29, 1.82) is 0 Å². The second kappa shape index (κ2) is 7.62. The molecule has 1 aliphatic rings. The SMILES string of the molecule is CCNCc1cc(CN(C)CC2CCCOC2)on1. The van der Waals surface area contributed by atoms with Crippen molar-refractivity contribution in [2.24, 2.45) is 5.92 Å². The van der Waals surface area contributed by atoms with Gasteiger partial charge in [-0.3, -0.25) is 4.90 Å². The van der Waals surface area contributed by atoms with E-state index < -0.39 is 0 Å². The first kappa shape index (κ1) is 14.5. The minimum absolute atomic E-state index is 0.655. The van der Waals surface area contributed by atoms with Gasteiger partial charge in [0.15, 0.2) is 5.76 Å². The van der Waals surface area contributed by atoms with Crippen LogP contribution in [0.25, 0.3) is 0 Å². The molecule has 2 rings (SSSR count). The van der Waals surface area contributed by atoms with Crippen LogP contribution in [-0.4, -0.2) is 43.4 Å². The number of rotatable bonds is 7. The molecular weight excluding hydrogens is 242 g/mol. The predicted molar refractivity (Wildman–Crippen MR) is 73.8 cm³/mol. The molecule has 5 heteroatoms. The van der Waals surface area contributed by atoms with E-state index in [1.54, 1.807) is 0 Å². The number of hydrogen-bond acceptors (Lipinski definition) is 5. The second-order valence-electron chi connectivity index (χ2n) is 5.34. The molecule has 5 nitrogen and oxygen atoms in total. The molecule has 1 atom stereocenters. The van der Waals surface area contributed by atoms with Gasteiger partial charge in [0.05, 0.1) is 18.8 Å². The van der Waals surface area contributed by atoms with E-state index in [-0.39, 0.29) is 0 Å². The lowest BCUT2D eigenvalue weighted by Crippen LogP contribution is -2.30. The molecule has 1 fully saturated rings. The van der Waals surface area contributed by atoms with Crippen LogP contribution in [0.1, 0.15) is 31.2 Å². The van der Waals surface area contributed by atoms with Crippen LogP contribution in [0.15, 0.2) is 10.6 Å². The van der Waals surface area contributed by atoms with E-state index in [1.165, 1.54) is 12.8 Å². The molecule has 1 N–H and O–H groups in total. The lowest BCUT2D eigenvalue weighted by Gasteiger charge is -2.26. The Hall–Kier alpha value is -0.910. The summed E-state index contributed by atoms with van der Waals surface area (Å²) in [5.74, 6) is 1.59. The van der Waals surface area contributed by atoms with Crippen molar-refractivity contribution in [2.75, 3.05) is 33.4 Å². The van der Waals surface area contributed by atoms with Gasteiger partial charge in [0.1, 0.15) is 0 Å². The van der Waals surface area contributed by atoms with Gasteiger partial charge < -0.3 is 14.6 Å². The summed E-state index contributed by atoms with van der Waals surface area (Å²) in [6.45, 7) is 7.51. The fraction of sp³-hybridized carbons (Fsp3) is 0.786. The van der Waals surface area contributed by atoms with Crippen LogP contribution in [0.3, 0.4) is 0 Å². The summed E-state index contributed by atoms with van der Waals surface area (Å²) < 4.78 is 10.9. The van der Waals surface area contributed by atoms with Crippen molar-refractivity contribution in [3.05, 3.63) is 17.5 Å². The fourth-order valence-corrected chi connectivity index (χ4v) is 2.49. The Kier molecular flexibility index (Phi) is 5.82. The van der Waals surface area contributed by atoms with E-state index in [1.807, 2.05) is 6.07 Å². The Labute approximate surface area is 115 Å². The second-order valence-corrected chi connectivity index (χ2v) is 5.34. The smallest absolute Gasteiger partial charge is 0.151 e. The molecule has 1 unspecified atom stereocenters. The van der Waals surface area contributed by atoms with Crippen LogP contribution in [0.5, 0.6) is 0 Å². The lowest BCUT2D eigenvalue weighted by atomic mass is 10.0. The number of nitrogens with zero attached hydrogens (tertiary/aromatic N) is 2. The van der Waals surface area contributed by atoms with Crippen molar-refractivity contribution >= 4 is 0 Å². The summed E-state index contributed by atoms with van der Waals surface area (Å²) in [5.41, 5.74) is 0.978. The minimum atomic E-state index is 0.655. The van der Waals surface area contributed by atoms with Gasteiger partial charge in [-0.15, -0.1) is 0 Å². The average molecular weight is 267 g/mol. The van der Waals surface area contributed by atoms with Crippen molar-refractivity contribution < 1.29 is 9.26 Å². The molecule has 0 spiro atoms. The highest BCUT2D eigenvalue weighted by atomic mass is 16.5. The molecule has 0 bridgehead atoms. The highest BCUT2D eigenvalue weighted by Gasteiger charge is 2.16. The van der Waals surface area contributed by atoms with Crippen LogP contribution >= 0.6 is 0 Å². The Morgan fingerprint density at radius 3 is 3.16 bits per heavy atom. The molecule has 2 heterocycles. The highest BCUT2D eigenvalue weighted by molar-refractivity contribution is 5.05. The minimum Gasteiger partial charge on any atom is -0.381 e. The van der Waals surface area contributed by atoms with Crippen LogP contribution < -0.4 is 5.32 Å². The third-order valence-electron chi connectivity index (χ3n) is 3.41. The summed E-state index contributed by atoms with van der Waals surface area (Å²) >= 11 is 0. The van der Waals surface area contributed by atoms with Crippen LogP contribution in [0.4, 0.5) is 0 Å². The Bertz CT molecular complexity index is 361. The van der Waals surface area contributed by atoms with E-state index in [0.717, 1.165) is 50.8 Å². The Balaban J connectivity index is 1.74. The molecule has 1 aliphatic heterocycles. The van der Waals surface area contributed by atoms with Crippen LogP contribution in [0.2, 0.25) is 0 Å². The molecule has 19 heavy (non-hydrogen) atoms. The zero-order valence-electron chi connectivity index (χ0n) is 12.0. The molecule has 108 valence electrons. The Morgan fingerprint density at radius 1 is 1.53 bits per heavy atom. The number of hydrogen-bond donors (Lipinski definition) is 1. The van der Waals surface area contributed by atoms with Crippen molar-refractivity contribution in [3.63, 3.8) is 0 Å². The van der Waals surface area contributed by atoms with Gasteiger partial charge >= 0.3 is 0 Å². The monoisotopic (exact) mass is 267 g/mol. The van der Waals surface area contributed by atoms with Gasteiger partial charge in [-0.05, 0) is 32.4 Å². The maximum atomic E-state index is 5.51. The van der Waals surface area contributed by atoms with Crippen molar-refractivity contribution in [2.45, 2.75) is 32.9 Å². The fourth-order valence-electron chi connectivity index (χ4n) is 2.49. The quantitative estimate of drug-likeness (QED) is 0.814. The van der Waals surface area contributed by atoms with Crippen LogP contribution in [0, 0.1) is 5.92 Å². The molecule has 1 saturated heterocycles. The van der Waals surface area contributed by atoms with E-state index in [9.17, 15) is 0 Å². The van der Waals surface area contributed by atoms with E-state index in [0.29, 0.717) is 5.92 Å². The van der Waals surface area contributed by atoms with Crippen molar-refractivity contribution in [3.8, 4) is 0 Å². The summed E-state index contributed by atoms with van der Waals surface area (Å²) in [6, 6.07) is 2.04. The average Bonchev–Trinajstić information content (AvgIpc) is 2.85. The summed E-state index contributed by atoms with van der Waals surface area (Å²) in [6.07, 6.45) is 2.46. The molecule has 1 aromatic heterocycles. The van der Waals surface area contributed by atoms with E-state index in [2.05, 4.69) is 29.3 Å². The van der Waals surface area contributed by atoms with E-state index >= 15 is 0 Å². The summed E-state index contributed by atoms with van der Waals surface area (Å²) in [4.78, 5) is 2.29.